The fourth-order valence-electron chi connectivity index (χ4n) is 3.26. The molecule has 3 aromatic rings. The minimum absolute atomic E-state index is 0.189. The van der Waals surface area contributed by atoms with E-state index in [1.54, 1.807) is 30.3 Å². The fraction of sp³-hybridized carbons (Fsp3) is 0.200. The van der Waals surface area contributed by atoms with Gasteiger partial charge in [-0.25, -0.2) is 9.48 Å². The van der Waals surface area contributed by atoms with E-state index in [0.717, 1.165) is 17.2 Å². The molecule has 1 amide bonds. The van der Waals surface area contributed by atoms with Gasteiger partial charge in [0.25, 0.3) is 0 Å². The van der Waals surface area contributed by atoms with Gasteiger partial charge in [-0.15, -0.1) is 0 Å². The number of rotatable bonds is 3. The van der Waals surface area contributed by atoms with Gasteiger partial charge >= 0.3 is 12.3 Å². The number of nitrogens with zero attached hydrogens (tertiary/aromatic N) is 3. The third-order valence-corrected chi connectivity index (χ3v) is 4.71. The van der Waals surface area contributed by atoms with Crippen molar-refractivity contribution in [1.82, 2.24) is 14.7 Å². The minimum atomic E-state index is -4.59. The van der Waals surface area contributed by atoms with Gasteiger partial charge in [0.15, 0.2) is 11.5 Å². The largest absolute Gasteiger partial charge is 0.465 e. The summed E-state index contributed by atoms with van der Waals surface area (Å²) < 4.78 is 46.2. The van der Waals surface area contributed by atoms with E-state index in [-0.39, 0.29) is 18.0 Å². The summed E-state index contributed by atoms with van der Waals surface area (Å²) in [4.78, 5) is 12.4. The molecule has 150 valence electrons. The van der Waals surface area contributed by atoms with Crippen LogP contribution in [0.15, 0.2) is 59.2 Å². The molecule has 4 rings (SSSR count). The lowest BCUT2D eigenvalue weighted by Gasteiger charge is -2.24. The molecule has 1 N–H and O–H groups in total. The van der Waals surface area contributed by atoms with Gasteiger partial charge in [0.1, 0.15) is 5.69 Å². The molecule has 0 radical (unpaired) electrons. The summed E-state index contributed by atoms with van der Waals surface area (Å²) in [6.45, 7) is 0.634. The predicted molar refractivity (Wildman–Crippen MR) is 98.5 cm³/mol. The quantitative estimate of drug-likeness (QED) is 0.674. The molecule has 0 saturated heterocycles. The molecule has 0 spiro atoms. The SMILES string of the molecule is O=C(O)N1CC=C(c2cccc(-n3nc(C(F)(F)F)cc3-c3ccco3)c2)CC1. The molecule has 0 fully saturated rings. The van der Waals surface area contributed by atoms with Crippen LogP contribution in [0, 0.1) is 0 Å². The van der Waals surface area contributed by atoms with Gasteiger partial charge in [-0.3, -0.25) is 0 Å². The monoisotopic (exact) mass is 403 g/mol. The maximum Gasteiger partial charge on any atom is 0.435 e. The van der Waals surface area contributed by atoms with Crippen molar-refractivity contribution < 1.29 is 27.5 Å². The second-order valence-corrected chi connectivity index (χ2v) is 6.56. The molecule has 1 aliphatic heterocycles. The van der Waals surface area contributed by atoms with Gasteiger partial charge in [0, 0.05) is 19.2 Å². The van der Waals surface area contributed by atoms with Crippen molar-refractivity contribution in [3.05, 3.63) is 66.1 Å². The lowest BCUT2D eigenvalue weighted by atomic mass is 9.99. The van der Waals surface area contributed by atoms with Crippen LogP contribution < -0.4 is 0 Å². The zero-order valence-electron chi connectivity index (χ0n) is 15.1. The molecule has 1 aliphatic rings. The van der Waals surface area contributed by atoms with Crippen LogP contribution in [0.25, 0.3) is 22.7 Å². The Labute approximate surface area is 163 Å². The molecule has 9 heteroatoms. The van der Waals surface area contributed by atoms with E-state index in [1.165, 1.54) is 15.8 Å². The van der Waals surface area contributed by atoms with Crippen molar-refractivity contribution in [2.45, 2.75) is 12.6 Å². The average Bonchev–Trinajstić information content (AvgIpc) is 3.37. The third-order valence-electron chi connectivity index (χ3n) is 4.71. The van der Waals surface area contributed by atoms with Crippen molar-refractivity contribution in [3.8, 4) is 17.1 Å². The predicted octanol–water partition coefficient (Wildman–Crippen LogP) is 4.92. The Balaban J connectivity index is 1.74. The minimum Gasteiger partial charge on any atom is -0.465 e. The van der Waals surface area contributed by atoms with E-state index in [1.807, 2.05) is 12.1 Å². The van der Waals surface area contributed by atoms with Crippen molar-refractivity contribution in [3.63, 3.8) is 0 Å². The number of carboxylic acid groups (broad SMARTS) is 1. The summed E-state index contributed by atoms with van der Waals surface area (Å²) in [6, 6.07) is 11.1. The number of hydrogen-bond acceptors (Lipinski definition) is 3. The van der Waals surface area contributed by atoms with Crippen LogP contribution in [-0.4, -0.2) is 39.0 Å². The molecule has 29 heavy (non-hydrogen) atoms. The Morgan fingerprint density at radius 1 is 1.17 bits per heavy atom. The van der Waals surface area contributed by atoms with E-state index in [2.05, 4.69) is 5.10 Å². The van der Waals surface area contributed by atoms with Crippen LogP contribution in [-0.2, 0) is 6.18 Å². The zero-order valence-corrected chi connectivity index (χ0v) is 15.1. The van der Waals surface area contributed by atoms with Gasteiger partial charge < -0.3 is 14.4 Å². The van der Waals surface area contributed by atoms with Crippen LogP contribution in [0.4, 0.5) is 18.0 Å². The lowest BCUT2D eigenvalue weighted by molar-refractivity contribution is -0.141. The van der Waals surface area contributed by atoms with Crippen LogP contribution in [0.2, 0.25) is 0 Å². The first-order valence-corrected chi connectivity index (χ1v) is 8.82. The second-order valence-electron chi connectivity index (χ2n) is 6.56. The molecular formula is C20H16F3N3O3. The highest BCUT2D eigenvalue weighted by molar-refractivity contribution is 5.72. The molecule has 0 atom stereocenters. The molecule has 0 unspecified atom stereocenters. The van der Waals surface area contributed by atoms with E-state index in [0.29, 0.717) is 18.7 Å². The maximum absolute atomic E-state index is 13.2. The highest BCUT2D eigenvalue weighted by Crippen LogP contribution is 2.34. The van der Waals surface area contributed by atoms with E-state index >= 15 is 0 Å². The Bertz CT molecular complexity index is 1070. The van der Waals surface area contributed by atoms with E-state index < -0.39 is 18.0 Å². The number of amides is 1. The summed E-state index contributed by atoms with van der Waals surface area (Å²) in [5.41, 5.74) is 1.37. The highest BCUT2D eigenvalue weighted by Gasteiger charge is 2.35. The normalized spacial score (nSPS) is 14.7. The Morgan fingerprint density at radius 2 is 2.00 bits per heavy atom. The molecule has 0 bridgehead atoms. The van der Waals surface area contributed by atoms with Gasteiger partial charge in [-0.05, 0) is 41.8 Å². The Morgan fingerprint density at radius 3 is 2.62 bits per heavy atom. The van der Waals surface area contributed by atoms with Crippen LogP contribution >= 0.6 is 0 Å². The summed E-state index contributed by atoms with van der Waals surface area (Å²) in [5, 5.41) is 12.8. The number of halogens is 3. The van der Waals surface area contributed by atoms with Gasteiger partial charge in [0.05, 0.1) is 12.0 Å². The lowest BCUT2D eigenvalue weighted by Crippen LogP contribution is -2.33. The molecule has 2 aromatic heterocycles. The Kier molecular flexibility index (Phi) is 4.65. The first-order chi connectivity index (χ1) is 13.8. The van der Waals surface area contributed by atoms with Gasteiger partial charge in [0.2, 0.25) is 0 Å². The third kappa shape index (κ3) is 3.75. The molecule has 0 aliphatic carbocycles. The van der Waals surface area contributed by atoms with E-state index in [4.69, 9.17) is 9.52 Å². The molecule has 1 aromatic carbocycles. The van der Waals surface area contributed by atoms with Crippen molar-refractivity contribution in [1.29, 1.82) is 0 Å². The summed E-state index contributed by atoms with van der Waals surface area (Å²) >= 11 is 0. The topological polar surface area (TPSA) is 71.5 Å². The summed E-state index contributed by atoms with van der Waals surface area (Å²) in [7, 11) is 0. The first kappa shape index (κ1) is 18.9. The Hall–Kier alpha value is -3.49. The average molecular weight is 403 g/mol. The van der Waals surface area contributed by atoms with Crippen LogP contribution in [0.5, 0.6) is 0 Å². The van der Waals surface area contributed by atoms with Crippen LogP contribution in [0.1, 0.15) is 17.7 Å². The molecule has 0 saturated carbocycles. The van der Waals surface area contributed by atoms with Crippen LogP contribution in [0.3, 0.4) is 0 Å². The van der Waals surface area contributed by atoms with E-state index in [9.17, 15) is 18.0 Å². The molecule has 3 heterocycles. The van der Waals surface area contributed by atoms with Gasteiger partial charge in [-0.1, -0.05) is 18.2 Å². The fourth-order valence-corrected chi connectivity index (χ4v) is 3.26. The number of carbonyl (C=O) groups is 1. The molecule has 6 nitrogen and oxygen atoms in total. The zero-order chi connectivity index (χ0) is 20.6. The van der Waals surface area contributed by atoms with Crippen molar-refractivity contribution >= 4 is 11.7 Å². The standard InChI is InChI=1S/C20H16F3N3O3/c21-20(22,23)18-12-16(17-5-2-10-29-17)26(24-18)15-4-1-3-14(11-15)13-6-8-25(9-7-13)19(27)28/h1-6,10-12H,7-9H2,(H,27,28). The number of aromatic nitrogens is 2. The number of benzene rings is 1. The van der Waals surface area contributed by atoms with Crippen molar-refractivity contribution in [2.75, 3.05) is 13.1 Å². The highest BCUT2D eigenvalue weighted by atomic mass is 19.4. The second kappa shape index (κ2) is 7.16. The number of hydrogen-bond donors (Lipinski definition) is 1. The van der Waals surface area contributed by atoms with Crippen molar-refractivity contribution in [2.24, 2.45) is 0 Å². The number of alkyl halides is 3. The maximum atomic E-state index is 13.2. The summed E-state index contributed by atoms with van der Waals surface area (Å²) in [5.74, 6) is 0.271. The molecular weight excluding hydrogens is 387 g/mol. The first-order valence-electron chi connectivity index (χ1n) is 8.82. The summed E-state index contributed by atoms with van der Waals surface area (Å²) in [6.07, 6.45) is -1.84. The number of furan rings is 1. The smallest absolute Gasteiger partial charge is 0.435 e. The van der Waals surface area contributed by atoms with Gasteiger partial charge in [-0.2, -0.15) is 18.3 Å².